The lowest BCUT2D eigenvalue weighted by atomic mass is 10.2. The van der Waals surface area contributed by atoms with Crippen molar-refractivity contribution < 1.29 is 19.4 Å². The van der Waals surface area contributed by atoms with E-state index in [0.29, 0.717) is 6.42 Å². The Hall–Kier alpha value is -2.10. The topological polar surface area (TPSA) is 63.6 Å². The number of hydrogen-bond donors (Lipinski definition) is 1. The lowest BCUT2D eigenvalue weighted by Crippen LogP contribution is -1.91. The monoisotopic (exact) mass is 364 g/mol. The van der Waals surface area contributed by atoms with E-state index in [-0.39, 0.29) is 12.4 Å². The van der Waals surface area contributed by atoms with E-state index >= 15 is 0 Å². The third kappa shape index (κ3) is 29.9. The fourth-order valence-electron chi connectivity index (χ4n) is 1.75. The molecule has 0 saturated carbocycles. The number of carboxylic acids is 1. The van der Waals surface area contributed by atoms with Gasteiger partial charge in [-0.25, -0.2) is 0 Å². The highest BCUT2D eigenvalue weighted by atomic mass is 16.5. The summed E-state index contributed by atoms with van der Waals surface area (Å²) in [5, 5.41) is 8.33. The Bertz CT molecular complexity index is 445. The Balaban J connectivity index is 0. The third-order valence-corrected chi connectivity index (χ3v) is 3.17. The van der Waals surface area contributed by atoms with Crippen molar-refractivity contribution in [2.45, 2.75) is 78.6 Å². The standard InChI is InChI=1S/2C11H18O2/c1-3-4-5-6-7-8-9-10-13-11(2)12;1-2-3-4-5-6-7-8-9-10-11(12)13/h7-10H,3-6H2,1-2H3;5-8H,2-4,9-10H2,1H3,(H,12,13)/b;6-5+,8-7+. The smallest absolute Gasteiger partial charge is 0.307 e. The highest BCUT2D eigenvalue weighted by Gasteiger charge is 1.90. The summed E-state index contributed by atoms with van der Waals surface area (Å²) >= 11 is 0. The van der Waals surface area contributed by atoms with Crippen molar-refractivity contribution in [3.8, 4) is 0 Å². The Morgan fingerprint density at radius 3 is 1.88 bits per heavy atom. The largest absolute Gasteiger partial charge is 0.481 e. The van der Waals surface area contributed by atoms with Gasteiger partial charge < -0.3 is 9.84 Å². The number of carbonyl (C=O) groups is 2. The minimum atomic E-state index is -0.736. The van der Waals surface area contributed by atoms with E-state index in [0.717, 1.165) is 12.8 Å². The molecule has 0 rings (SSSR count). The van der Waals surface area contributed by atoms with E-state index in [2.05, 4.69) is 30.7 Å². The molecule has 0 bridgehead atoms. The lowest BCUT2D eigenvalue weighted by molar-refractivity contribution is -0.137. The zero-order chi connectivity index (χ0) is 19.9. The molecular weight excluding hydrogens is 328 g/mol. The average molecular weight is 365 g/mol. The van der Waals surface area contributed by atoms with Crippen molar-refractivity contribution >= 4 is 11.9 Å². The van der Waals surface area contributed by atoms with Crippen molar-refractivity contribution in [1.82, 2.24) is 0 Å². The molecule has 4 nitrogen and oxygen atoms in total. The number of hydrogen-bond acceptors (Lipinski definition) is 3. The van der Waals surface area contributed by atoms with Gasteiger partial charge in [0.25, 0.3) is 0 Å². The van der Waals surface area contributed by atoms with Gasteiger partial charge in [0.2, 0.25) is 0 Å². The predicted octanol–water partition coefficient (Wildman–Crippen LogP) is 6.35. The molecule has 0 atom stereocenters. The van der Waals surface area contributed by atoms with Gasteiger partial charge in [0.05, 0.1) is 6.26 Å². The van der Waals surface area contributed by atoms with Crippen LogP contribution in [-0.4, -0.2) is 17.0 Å². The van der Waals surface area contributed by atoms with Crippen LogP contribution in [0.4, 0.5) is 0 Å². The first-order valence-electron chi connectivity index (χ1n) is 9.56. The Morgan fingerprint density at radius 1 is 0.808 bits per heavy atom. The Labute approximate surface area is 159 Å². The first-order chi connectivity index (χ1) is 12.5. The van der Waals surface area contributed by atoms with Crippen molar-refractivity contribution in [2.24, 2.45) is 0 Å². The quantitative estimate of drug-likeness (QED) is 0.179. The summed E-state index contributed by atoms with van der Waals surface area (Å²) in [7, 11) is 0. The van der Waals surface area contributed by atoms with Gasteiger partial charge in [-0.05, 0) is 31.8 Å². The van der Waals surface area contributed by atoms with Crippen LogP contribution in [0.5, 0.6) is 0 Å². The summed E-state index contributed by atoms with van der Waals surface area (Å²) in [5.41, 5.74) is 0. The van der Waals surface area contributed by atoms with Crippen LogP contribution in [0.15, 0.2) is 48.8 Å². The van der Waals surface area contributed by atoms with Gasteiger partial charge in [-0.2, -0.15) is 0 Å². The van der Waals surface area contributed by atoms with Gasteiger partial charge in [-0.3, -0.25) is 9.59 Å². The number of carboxylic acid groups (broad SMARTS) is 1. The van der Waals surface area contributed by atoms with Crippen LogP contribution in [0.25, 0.3) is 0 Å². The van der Waals surface area contributed by atoms with Crippen molar-refractivity contribution in [3.05, 3.63) is 48.8 Å². The second-order valence-corrected chi connectivity index (χ2v) is 5.79. The van der Waals surface area contributed by atoms with Crippen LogP contribution in [0, 0.1) is 0 Å². The number of unbranched alkanes of at least 4 members (excludes halogenated alkanes) is 5. The van der Waals surface area contributed by atoms with Crippen LogP contribution in [0.2, 0.25) is 0 Å². The van der Waals surface area contributed by atoms with Crippen LogP contribution < -0.4 is 0 Å². The summed E-state index contributed by atoms with van der Waals surface area (Å²) in [4.78, 5) is 20.4. The third-order valence-electron chi connectivity index (χ3n) is 3.17. The van der Waals surface area contributed by atoms with E-state index in [1.54, 1.807) is 6.08 Å². The molecule has 0 aliphatic rings. The van der Waals surface area contributed by atoms with Gasteiger partial charge in [-0.15, -0.1) is 0 Å². The predicted molar refractivity (Wildman–Crippen MR) is 109 cm³/mol. The molecule has 148 valence electrons. The fraction of sp³-hybridized carbons (Fsp3) is 0.545. The first-order valence-corrected chi connectivity index (χ1v) is 9.56. The Kier molecular flexibility index (Phi) is 23.0. The number of ether oxygens (including phenoxy) is 1. The number of aliphatic carboxylic acids is 1. The van der Waals surface area contributed by atoms with Gasteiger partial charge in [0.15, 0.2) is 0 Å². The molecule has 0 aromatic carbocycles. The summed E-state index contributed by atoms with van der Waals surface area (Å²) in [6.45, 7) is 5.73. The van der Waals surface area contributed by atoms with Crippen LogP contribution in [-0.2, 0) is 14.3 Å². The number of allylic oxidation sites excluding steroid dienone is 7. The van der Waals surface area contributed by atoms with Crippen LogP contribution in [0.1, 0.15) is 78.6 Å². The van der Waals surface area contributed by atoms with Gasteiger partial charge >= 0.3 is 11.9 Å². The Morgan fingerprint density at radius 2 is 1.35 bits per heavy atom. The molecule has 0 aliphatic carbocycles. The van der Waals surface area contributed by atoms with Crippen LogP contribution >= 0.6 is 0 Å². The maximum atomic E-state index is 10.3. The molecule has 4 heteroatoms. The molecule has 0 fully saturated rings. The highest BCUT2D eigenvalue weighted by Crippen LogP contribution is 1.99. The van der Waals surface area contributed by atoms with Gasteiger partial charge in [0.1, 0.15) is 0 Å². The fourth-order valence-corrected chi connectivity index (χ4v) is 1.75. The molecule has 1 N–H and O–H groups in total. The summed E-state index contributed by atoms with van der Waals surface area (Å²) in [6.07, 6.45) is 24.2. The SMILES string of the molecule is CCCC/C=C/C=C/CCC(=O)O.CCCCCC=CC=COC(C)=O. The van der Waals surface area contributed by atoms with Gasteiger partial charge in [0, 0.05) is 13.3 Å². The highest BCUT2D eigenvalue weighted by molar-refractivity contribution is 5.67. The minimum Gasteiger partial charge on any atom is -0.481 e. The zero-order valence-electron chi connectivity index (χ0n) is 16.7. The number of carbonyl (C=O) groups excluding carboxylic acids is 1. The second-order valence-electron chi connectivity index (χ2n) is 5.79. The normalized spacial score (nSPS) is 11.3. The molecule has 0 amide bonds. The molecule has 26 heavy (non-hydrogen) atoms. The van der Waals surface area contributed by atoms with E-state index in [9.17, 15) is 9.59 Å². The second kappa shape index (κ2) is 22.9. The number of esters is 1. The van der Waals surface area contributed by atoms with Crippen molar-refractivity contribution in [2.75, 3.05) is 0 Å². The number of rotatable bonds is 13. The summed E-state index contributed by atoms with van der Waals surface area (Å²) in [6, 6.07) is 0. The van der Waals surface area contributed by atoms with E-state index < -0.39 is 5.97 Å². The first kappa shape index (κ1) is 26.1. The van der Waals surface area contributed by atoms with E-state index in [1.807, 2.05) is 24.3 Å². The molecule has 0 radical (unpaired) electrons. The molecule has 0 aromatic rings. The molecule has 0 heterocycles. The molecule has 0 saturated heterocycles. The molecule has 0 aromatic heterocycles. The van der Waals surface area contributed by atoms with Crippen molar-refractivity contribution in [3.63, 3.8) is 0 Å². The van der Waals surface area contributed by atoms with E-state index in [4.69, 9.17) is 5.11 Å². The van der Waals surface area contributed by atoms with E-state index in [1.165, 1.54) is 45.3 Å². The lowest BCUT2D eigenvalue weighted by Gasteiger charge is -1.90. The zero-order valence-corrected chi connectivity index (χ0v) is 16.7. The maximum Gasteiger partial charge on any atom is 0.307 e. The average Bonchev–Trinajstić information content (AvgIpc) is 2.60. The van der Waals surface area contributed by atoms with Crippen molar-refractivity contribution in [1.29, 1.82) is 0 Å². The summed E-state index contributed by atoms with van der Waals surface area (Å²) < 4.78 is 4.60. The molecule has 0 aliphatic heterocycles. The molecule has 0 unspecified atom stereocenters. The summed E-state index contributed by atoms with van der Waals surface area (Å²) in [5.74, 6) is -1.02. The molecule has 0 spiro atoms. The maximum absolute atomic E-state index is 10.3. The minimum absolute atomic E-state index is 0.222. The van der Waals surface area contributed by atoms with Gasteiger partial charge in [-0.1, -0.05) is 76.0 Å². The van der Waals surface area contributed by atoms with Crippen LogP contribution in [0.3, 0.4) is 0 Å². The molecular formula is C22H36O4.